The van der Waals surface area contributed by atoms with Crippen molar-refractivity contribution in [3.63, 3.8) is 0 Å². The summed E-state index contributed by atoms with van der Waals surface area (Å²) in [4.78, 5) is 37.3. The zero-order valence-electron chi connectivity index (χ0n) is 22.7. The van der Waals surface area contributed by atoms with Gasteiger partial charge in [0.2, 0.25) is 5.95 Å². The molecule has 4 aromatic rings. The second-order valence-electron chi connectivity index (χ2n) is 9.45. The molecule has 0 unspecified atom stereocenters. The number of rotatable bonds is 11. The van der Waals surface area contributed by atoms with Gasteiger partial charge in [0.25, 0.3) is 0 Å². The summed E-state index contributed by atoms with van der Waals surface area (Å²) in [7, 11) is 0. The van der Waals surface area contributed by atoms with Crippen LogP contribution in [0.5, 0.6) is 0 Å². The van der Waals surface area contributed by atoms with Gasteiger partial charge >= 0.3 is 5.97 Å². The van der Waals surface area contributed by atoms with Crippen LogP contribution in [0.4, 0.5) is 5.95 Å². The number of hydrogen-bond donors (Lipinski definition) is 1. The summed E-state index contributed by atoms with van der Waals surface area (Å²) < 4.78 is -0.127. The van der Waals surface area contributed by atoms with E-state index in [0.717, 1.165) is 46.8 Å². The summed E-state index contributed by atoms with van der Waals surface area (Å²) in [5, 5.41) is 11.3. The first-order valence-electron chi connectivity index (χ1n) is 12.7. The summed E-state index contributed by atoms with van der Waals surface area (Å²) in [5.41, 5.74) is 5.23. The Morgan fingerprint density at radius 2 is 1.72 bits per heavy atom. The molecule has 0 aliphatic rings. The predicted octanol–water partition coefficient (Wildman–Crippen LogP) is 6.51. The number of thioether (sulfide) groups is 1. The molecule has 0 saturated heterocycles. The van der Waals surface area contributed by atoms with Crippen molar-refractivity contribution in [2.24, 2.45) is 0 Å². The van der Waals surface area contributed by atoms with Gasteiger partial charge in [0.15, 0.2) is 4.34 Å². The Bertz CT molecular complexity index is 1320. The molecule has 1 N–H and O–H groups in total. The van der Waals surface area contributed by atoms with Crippen molar-refractivity contribution in [3.8, 4) is 0 Å². The first-order chi connectivity index (χ1) is 18.7. The van der Waals surface area contributed by atoms with E-state index in [0.29, 0.717) is 12.5 Å². The maximum atomic E-state index is 11.4. The van der Waals surface area contributed by atoms with Gasteiger partial charge in [0, 0.05) is 42.8 Å². The van der Waals surface area contributed by atoms with Crippen LogP contribution >= 0.6 is 23.1 Å². The number of anilines is 1. The molecule has 2 aromatic heterocycles. The second kappa shape index (κ2) is 14.6. The third-order valence-corrected chi connectivity index (χ3v) is 8.01. The van der Waals surface area contributed by atoms with E-state index in [4.69, 9.17) is 0 Å². The lowest BCUT2D eigenvalue weighted by Gasteiger charge is -2.22. The molecule has 0 aliphatic carbocycles. The van der Waals surface area contributed by atoms with Gasteiger partial charge in [-0.05, 0) is 38.3 Å². The minimum absolute atomic E-state index is 0.703. The van der Waals surface area contributed by atoms with Gasteiger partial charge in [-0.3, -0.25) is 9.59 Å². The van der Waals surface area contributed by atoms with Crippen molar-refractivity contribution in [1.29, 1.82) is 0 Å². The molecule has 0 atom stereocenters. The number of aldehydes is 1. The van der Waals surface area contributed by atoms with E-state index in [1.54, 1.807) is 26.0 Å². The maximum absolute atomic E-state index is 11.4. The van der Waals surface area contributed by atoms with Crippen LogP contribution in [0.15, 0.2) is 76.7 Å². The molecule has 0 fully saturated rings. The molecule has 39 heavy (non-hydrogen) atoms. The van der Waals surface area contributed by atoms with E-state index in [9.17, 15) is 14.7 Å². The number of benzene rings is 2. The molecule has 0 saturated carbocycles. The van der Waals surface area contributed by atoms with Crippen molar-refractivity contribution in [1.82, 2.24) is 15.0 Å². The summed E-state index contributed by atoms with van der Waals surface area (Å²) in [5.74, 6) is -0.138. The lowest BCUT2D eigenvalue weighted by molar-refractivity contribution is -0.138. The van der Waals surface area contributed by atoms with Gasteiger partial charge in [0.1, 0.15) is 11.0 Å². The number of carbonyl (C=O) groups excluding carboxylic acids is 1. The molecule has 204 valence electrons. The Labute approximate surface area is 238 Å². The van der Waals surface area contributed by atoms with Gasteiger partial charge < -0.3 is 10.0 Å². The molecule has 0 aliphatic heterocycles. The number of carboxylic acid groups (broad SMARTS) is 1. The predicted molar refractivity (Wildman–Crippen MR) is 159 cm³/mol. The van der Waals surface area contributed by atoms with Crippen LogP contribution in [0.25, 0.3) is 0 Å². The smallest absolute Gasteiger partial charge is 0.319 e. The number of carbonyl (C=O) groups is 2. The van der Waals surface area contributed by atoms with E-state index in [-0.39, 0.29) is 0 Å². The van der Waals surface area contributed by atoms with Crippen molar-refractivity contribution in [3.05, 3.63) is 100 Å². The summed E-state index contributed by atoms with van der Waals surface area (Å²) in [6, 6.07) is 17.6. The average molecular weight is 563 g/mol. The van der Waals surface area contributed by atoms with Gasteiger partial charge in [-0.1, -0.05) is 78.8 Å². The third-order valence-electron chi connectivity index (χ3n) is 5.84. The van der Waals surface area contributed by atoms with Crippen molar-refractivity contribution in [2.75, 3.05) is 11.4 Å². The number of hydrogen-bond acceptors (Lipinski definition) is 8. The number of aliphatic carboxylic acids is 1. The van der Waals surface area contributed by atoms with E-state index >= 15 is 0 Å². The molecule has 7 nitrogen and oxygen atoms in total. The van der Waals surface area contributed by atoms with E-state index in [1.165, 1.54) is 34.2 Å². The van der Waals surface area contributed by atoms with Gasteiger partial charge in [-0.15, -0.1) is 11.3 Å². The van der Waals surface area contributed by atoms with Crippen molar-refractivity contribution in [2.45, 2.75) is 56.2 Å². The minimum Gasteiger partial charge on any atom is -0.480 e. The van der Waals surface area contributed by atoms with Crippen molar-refractivity contribution >= 4 is 41.3 Å². The largest absolute Gasteiger partial charge is 0.480 e. The SMILES string of the molecule is CCc1cnc(N(CCc2csc(SC(C)(C)C(=O)O)n2)Cc2ccc(C)cc2)nc1.O=Cc1ccccc1. The highest BCUT2D eigenvalue weighted by Gasteiger charge is 2.29. The molecule has 2 aromatic carbocycles. The molecule has 2 heterocycles. The average Bonchev–Trinajstić information content (AvgIpc) is 3.39. The van der Waals surface area contributed by atoms with Crippen LogP contribution in [-0.4, -0.2) is 43.6 Å². The van der Waals surface area contributed by atoms with Crippen LogP contribution in [-0.2, 0) is 24.2 Å². The Kier molecular flexibility index (Phi) is 11.2. The van der Waals surface area contributed by atoms with Crippen LogP contribution in [0.3, 0.4) is 0 Å². The second-order valence-corrected chi connectivity index (χ2v) is 12.2. The molecule has 9 heteroatoms. The molecule has 4 rings (SSSR count). The first kappa shape index (κ1) is 30.0. The number of aromatic nitrogens is 3. The summed E-state index contributed by atoms with van der Waals surface area (Å²) in [6.45, 7) is 8.99. The molecule has 0 bridgehead atoms. The summed E-state index contributed by atoms with van der Waals surface area (Å²) in [6.07, 6.45) is 6.24. The Balaban J connectivity index is 0.000000449. The highest BCUT2D eigenvalue weighted by Crippen LogP contribution is 2.34. The third kappa shape index (κ3) is 9.60. The standard InChI is InChI=1S/C23H28N4O2S2.C7H6O/c1-5-17-12-24-21(25-13-17)27(14-18-8-6-16(2)7-9-18)11-10-19-15-30-22(26-19)31-23(3,4)20(28)29;8-6-7-4-2-1-3-5-7/h6-9,12-13,15H,5,10-11,14H2,1-4H3,(H,28,29);1-6H. The normalized spacial score (nSPS) is 10.9. The Hall–Kier alpha value is -3.56. The van der Waals surface area contributed by atoms with Crippen molar-refractivity contribution < 1.29 is 14.7 Å². The molecular weight excluding hydrogens is 528 g/mol. The molecular formula is C30H34N4O3S2. The highest BCUT2D eigenvalue weighted by atomic mass is 32.2. The van der Waals surface area contributed by atoms with Gasteiger partial charge in [0.05, 0.1) is 5.69 Å². The molecule has 0 amide bonds. The Morgan fingerprint density at radius 1 is 1.05 bits per heavy atom. The zero-order chi connectivity index (χ0) is 28.3. The maximum Gasteiger partial charge on any atom is 0.319 e. The van der Waals surface area contributed by atoms with Gasteiger partial charge in [-0.2, -0.15) is 0 Å². The number of nitrogens with zero attached hydrogens (tertiary/aromatic N) is 4. The van der Waals surface area contributed by atoms with Crippen LogP contribution in [0.2, 0.25) is 0 Å². The number of aryl methyl sites for hydroxylation is 2. The fraction of sp³-hybridized carbons (Fsp3) is 0.300. The fourth-order valence-corrected chi connectivity index (χ4v) is 5.58. The monoisotopic (exact) mass is 562 g/mol. The van der Waals surface area contributed by atoms with Crippen LogP contribution in [0, 0.1) is 6.92 Å². The van der Waals surface area contributed by atoms with E-state index < -0.39 is 10.7 Å². The molecule has 0 radical (unpaired) electrons. The Morgan fingerprint density at radius 3 is 2.28 bits per heavy atom. The highest BCUT2D eigenvalue weighted by molar-refractivity contribution is 8.03. The van der Waals surface area contributed by atoms with E-state index in [1.807, 2.05) is 36.0 Å². The lowest BCUT2D eigenvalue weighted by Crippen LogP contribution is -2.27. The summed E-state index contributed by atoms with van der Waals surface area (Å²) >= 11 is 2.77. The van der Waals surface area contributed by atoms with E-state index in [2.05, 4.69) is 58.0 Å². The first-order valence-corrected chi connectivity index (χ1v) is 14.4. The van der Waals surface area contributed by atoms with Crippen LogP contribution in [0.1, 0.15) is 53.5 Å². The quantitative estimate of drug-likeness (QED) is 0.163. The zero-order valence-corrected chi connectivity index (χ0v) is 24.3. The topological polar surface area (TPSA) is 96.3 Å². The number of thiazole rings is 1. The number of carboxylic acids is 1. The fourth-order valence-electron chi connectivity index (χ4n) is 3.35. The lowest BCUT2D eigenvalue weighted by atomic mass is 10.1. The minimum atomic E-state index is -0.901. The van der Waals surface area contributed by atoms with Gasteiger partial charge in [-0.25, -0.2) is 15.0 Å². The molecule has 0 spiro atoms. The van der Waals surface area contributed by atoms with Crippen LogP contribution < -0.4 is 4.90 Å².